The summed E-state index contributed by atoms with van der Waals surface area (Å²) < 4.78 is 20.7. The first kappa shape index (κ1) is 19.1. The Bertz CT molecular complexity index is 1220. The highest BCUT2D eigenvalue weighted by Gasteiger charge is 2.18. The minimum absolute atomic E-state index is 0.305. The lowest BCUT2D eigenvalue weighted by Crippen LogP contribution is -2.37. The number of hydrogen-bond donors (Lipinski definition) is 1. The van der Waals surface area contributed by atoms with Crippen molar-refractivity contribution >= 4 is 23.5 Å². The number of anilines is 2. The van der Waals surface area contributed by atoms with Gasteiger partial charge in [-0.15, -0.1) is 0 Å². The van der Waals surface area contributed by atoms with Crippen LogP contribution in [0, 0.1) is 5.82 Å². The highest BCUT2D eigenvalue weighted by molar-refractivity contribution is 5.80. The standard InChI is InChI=1S/C22H20FN7O/c23-18-3-1-2-16(12-18)15-25-27-20-14-22(29-8-10-31-11-9-29)30-21(26-20)13-19(28-30)17-4-6-24-7-5-17/h1-7,12-15H,8-11H2,(H,26,27). The van der Waals surface area contributed by atoms with Gasteiger partial charge in [-0.2, -0.15) is 14.7 Å². The molecule has 1 aliphatic rings. The van der Waals surface area contributed by atoms with Gasteiger partial charge in [0.25, 0.3) is 0 Å². The van der Waals surface area contributed by atoms with Gasteiger partial charge in [0.15, 0.2) is 11.5 Å². The largest absolute Gasteiger partial charge is 0.378 e. The maximum absolute atomic E-state index is 13.4. The summed E-state index contributed by atoms with van der Waals surface area (Å²) in [5.74, 6) is 1.17. The third-order valence-corrected chi connectivity index (χ3v) is 4.96. The van der Waals surface area contributed by atoms with Crippen molar-refractivity contribution in [3.63, 3.8) is 0 Å². The minimum Gasteiger partial charge on any atom is -0.378 e. The van der Waals surface area contributed by atoms with Crippen LogP contribution in [0.3, 0.4) is 0 Å². The van der Waals surface area contributed by atoms with Crippen LogP contribution >= 0.6 is 0 Å². The Balaban J connectivity index is 1.50. The molecule has 0 bridgehead atoms. The van der Waals surface area contributed by atoms with Crippen LogP contribution in [-0.2, 0) is 4.74 Å². The number of pyridine rings is 1. The number of nitrogens with one attached hydrogen (secondary N) is 1. The Morgan fingerprint density at radius 1 is 1.06 bits per heavy atom. The third-order valence-electron chi connectivity index (χ3n) is 4.96. The van der Waals surface area contributed by atoms with Crippen LogP contribution in [0.25, 0.3) is 16.9 Å². The smallest absolute Gasteiger partial charge is 0.160 e. The molecule has 31 heavy (non-hydrogen) atoms. The Morgan fingerprint density at radius 2 is 1.90 bits per heavy atom. The van der Waals surface area contributed by atoms with Crippen LogP contribution in [0.1, 0.15) is 5.56 Å². The maximum atomic E-state index is 13.4. The van der Waals surface area contributed by atoms with Crippen LogP contribution < -0.4 is 10.3 Å². The van der Waals surface area contributed by atoms with Gasteiger partial charge in [0.2, 0.25) is 0 Å². The van der Waals surface area contributed by atoms with E-state index in [9.17, 15) is 4.39 Å². The number of hydrogen-bond acceptors (Lipinski definition) is 7. The Kier molecular flexibility index (Phi) is 5.24. The molecular weight excluding hydrogens is 397 g/mol. The zero-order valence-electron chi connectivity index (χ0n) is 16.6. The molecule has 0 radical (unpaired) electrons. The molecule has 5 rings (SSSR count). The van der Waals surface area contributed by atoms with Gasteiger partial charge in [-0.25, -0.2) is 9.37 Å². The molecule has 4 aromatic rings. The van der Waals surface area contributed by atoms with Gasteiger partial charge in [0.05, 0.1) is 25.1 Å². The number of rotatable bonds is 5. The van der Waals surface area contributed by atoms with E-state index in [1.54, 1.807) is 30.7 Å². The van der Waals surface area contributed by atoms with Crippen molar-refractivity contribution in [3.8, 4) is 11.3 Å². The van der Waals surface area contributed by atoms with E-state index in [1.165, 1.54) is 12.1 Å². The Morgan fingerprint density at radius 3 is 2.71 bits per heavy atom. The van der Waals surface area contributed by atoms with Gasteiger partial charge in [-0.3, -0.25) is 10.4 Å². The monoisotopic (exact) mass is 417 g/mol. The molecule has 8 nitrogen and oxygen atoms in total. The van der Waals surface area contributed by atoms with E-state index in [4.69, 9.17) is 9.84 Å². The van der Waals surface area contributed by atoms with Crippen LogP contribution in [-0.4, -0.2) is 52.1 Å². The summed E-state index contributed by atoms with van der Waals surface area (Å²) in [6.45, 7) is 2.83. The van der Waals surface area contributed by atoms with Gasteiger partial charge >= 0.3 is 0 Å². The SMILES string of the molecule is Fc1cccc(C=NNc2cc(N3CCOCC3)n3nc(-c4ccncc4)cc3n2)c1. The summed E-state index contributed by atoms with van der Waals surface area (Å²) in [6, 6.07) is 13.9. The molecule has 0 amide bonds. The van der Waals surface area contributed by atoms with Crippen molar-refractivity contribution in [3.05, 3.63) is 72.3 Å². The first-order chi connectivity index (χ1) is 15.3. The molecule has 0 atom stereocenters. The van der Waals surface area contributed by atoms with E-state index < -0.39 is 0 Å². The second kappa shape index (κ2) is 8.49. The normalized spacial score (nSPS) is 14.4. The van der Waals surface area contributed by atoms with E-state index >= 15 is 0 Å². The molecule has 4 heterocycles. The number of aromatic nitrogens is 4. The summed E-state index contributed by atoms with van der Waals surface area (Å²) in [6.07, 6.45) is 5.04. The van der Waals surface area contributed by atoms with Crippen molar-refractivity contribution in [2.45, 2.75) is 0 Å². The number of halogens is 1. The van der Waals surface area contributed by atoms with Gasteiger partial charge in [0, 0.05) is 43.2 Å². The van der Waals surface area contributed by atoms with Crippen molar-refractivity contribution in [1.82, 2.24) is 19.6 Å². The lowest BCUT2D eigenvalue weighted by atomic mass is 10.2. The molecular formula is C22H20FN7O. The topological polar surface area (TPSA) is 79.9 Å². The molecule has 1 fully saturated rings. The molecule has 3 aromatic heterocycles. The van der Waals surface area contributed by atoms with Gasteiger partial charge < -0.3 is 9.64 Å². The fourth-order valence-electron chi connectivity index (χ4n) is 3.46. The van der Waals surface area contributed by atoms with Crippen LogP contribution in [0.2, 0.25) is 0 Å². The van der Waals surface area contributed by atoms with E-state index in [1.807, 2.05) is 28.8 Å². The molecule has 1 saturated heterocycles. The minimum atomic E-state index is -0.305. The molecule has 1 N–H and O–H groups in total. The average Bonchev–Trinajstić information content (AvgIpc) is 3.24. The number of benzene rings is 1. The summed E-state index contributed by atoms with van der Waals surface area (Å²) >= 11 is 0. The zero-order chi connectivity index (χ0) is 21.0. The van der Waals surface area contributed by atoms with Crippen molar-refractivity contribution in [2.75, 3.05) is 36.6 Å². The lowest BCUT2D eigenvalue weighted by Gasteiger charge is -2.29. The predicted octanol–water partition coefficient (Wildman–Crippen LogP) is 3.21. The van der Waals surface area contributed by atoms with Crippen molar-refractivity contribution in [2.24, 2.45) is 5.10 Å². The summed E-state index contributed by atoms with van der Waals surface area (Å²) in [4.78, 5) is 10.9. The quantitative estimate of drug-likeness (QED) is 0.397. The Labute approximate surface area is 178 Å². The van der Waals surface area contributed by atoms with E-state index in [0.29, 0.717) is 30.2 Å². The fraction of sp³-hybridized carbons (Fsp3) is 0.182. The number of fused-ring (bicyclic) bond motifs is 1. The molecule has 0 saturated carbocycles. The van der Waals surface area contributed by atoms with E-state index in [0.717, 1.165) is 30.2 Å². The second-order valence-corrected chi connectivity index (χ2v) is 7.06. The summed E-state index contributed by atoms with van der Waals surface area (Å²) in [5, 5.41) is 9.00. The second-order valence-electron chi connectivity index (χ2n) is 7.06. The van der Waals surface area contributed by atoms with Crippen LogP contribution in [0.15, 0.2) is 66.0 Å². The molecule has 1 aromatic carbocycles. The predicted molar refractivity (Wildman–Crippen MR) is 117 cm³/mol. The summed E-state index contributed by atoms with van der Waals surface area (Å²) in [5.41, 5.74) is 6.09. The van der Waals surface area contributed by atoms with Gasteiger partial charge in [-0.1, -0.05) is 12.1 Å². The van der Waals surface area contributed by atoms with E-state index in [2.05, 4.69) is 25.4 Å². The fourth-order valence-corrected chi connectivity index (χ4v) is 3.46. The van der Waals surface area contributed by atoms with Gasteiger partial charge in [0.1, 0.15) is 11.6 Å². The molecule has 1 aliphatic heterocycles. The molecule has 0 unspecified atom stereocenters. The highest BCUT2D eigenvalue weighted by atomic mass is 19.1. The van der Waals surface area contributed by atoms with Crippen LogP contribution in [0.5, 0.6) is 0 Å². The van der Waals surface area contributed by atoms with Gasteiger partial charge in [-0.05, 0) is 29.8 Å². The third kappa shape index (κ3) is 4.22. The van der Waals surface area contributed by atoms with Crippen LogP contribution in [0.4, 0.5) is 16.0 Å². The first-order valence-corrected chi connectivity index (χ1v) is 9.95. The first-order valence-electron chi connectivity index (χ1n) is 9.95. The number of ether oxygens (including phenoxy) is 1. The zero-order valence-corrected chi connectivity index (χ0v) is 16.6. The molecule has 0 spiro atoms. The van der Waals surface area contributed by atoms with E-state index in [-0.39, 0.29) is 5.82 Å². The van der Waals surface area contributed by atoms with Crippen molar-refractivity contribution in [1.29, 1.82) is 0 Å². The van der Waals surface area contributed by atoms with Crippen molar-refractivity contribution < 1.29 is 9.13 Å². The number of nitrogens with zero attached hydrogens (tertiary/aromatic N) is 6. The number of hydrazone groups is 1. The Hall–Kier alpha value is -3.85. The average molecular weight is 417 g/mol. The summed E-state index contributed by atoms with van der Waals surface area (Å²) in [7, 11) is 0. The maximum Gasteiger partial charge on any atom is 0.160 e. The number of morpholine rings is 1. The highest BCUT2D eigenvalue weighted by Crippen LogP contribution is 2.25. The lowest BCUT2D eigenvalue weighted by molar-refractivity contribution is 0.122. The molecule has 9 heteroatoms. The molecule has 0 aliphatic carbocycles. The molecule has 156 valence electrons.